The van der Waals surface area contributed by atoms with Crippen LogP contribution < -0.4 is 0 Å². The fourth-order valence-electron chi connectivity index (χ4n) is 16.3. The number of carbonyl (C=O) groups excluding carboxylic acids is 4. The first kappa shape index (κ1) is 72.5. The van der Waals surface area contributed by atoms with Crippen molar-refractivity contribution in [2.75, 3.05) is 26.4 Å². The van der Waals surface area contributed by atoms with E-state index in [0.717, 1.165) is 22.3 Å². The lowest BCUT2D eigenvalue weighted by Gasteiger charge is -2.55. The maximum absolute atomic E-state index is 14.8. The van der Waals surface area contributed by atoms with E-state index in [-0.39, 0.29) is 23.0 Å². The molecule has 0 heterocycles. The smallest absolute Gasteiger partial charge is 0.312 e. The van der Waals surface area contributed by atoms with Crippen LogP contribution in [-0.4, -0.2) is 70.7 Å². The Morgan fingerprint density at radius 3 is 0.588 bits per heavy atom. The molecule has 0 aliphatic heterocycles. The third-order valence-electron chi connectivity index (χ3n) is 21.4. The number of aliphatic hydroxyl groups excluding tert-OH is 4. The SMILES string of the molecule is CC(C(=O)OCC(COC(=O)C(C)C1=CC=C(O)C(C(C)(C)C)(C(C)(C)C)C1)(COC(=O)C(C)C1=CC=C(O)C(C(C)(C)C)(C(C)(C)C)C1)COC(=O)C(C)C1=CC=C(O)C(C(C)(C)C)(C(C)(C)C)C1)C1=CC=C(O)C(C(C)(C)C)(C(C)(C)C)C1. The number of aliphatic hydroxyl groups is 4. The van der Waals surface area contributed by atoms with Gasteiger partial charge in [0.15, 0.2) is 0 Å². The number of hydrogen-bond donors (Lipinski definition) is 4. The summed E-state index contributed by atoms with van der Waals surface area (Å²) in [6.45, 7) is 55.0. The fraction of sp³-hybridized carbons (Fsp3) is 0.726. The zero-order valence-corrected chi connectivity index (χ0v) is 58.1. The molecule has 0 fully saturated rings. The van der Waals surface area contributed by atoms with Gasteiger partial charge >= 0.3 is 23.9 Å². The largest absolute Gasteiger partial charge is 0.512 e. The number of carbonyl (C=O) groups is 4. The van der Waals surface area contributed by atoms with Gasteiger partial charge in [-0.25, -0.2) is 0 Å². The van der Waals surface area contributed by atoms with Crippen LogP contribution in [-0.2, 0) is 38.1 Å². The van der Waals surface area contributed by atoms with Gasteiger partial charge in [-0.2, -0.15) is 0 Å². The van der Waals surface area contributed by atoms with Crippen molar-refractivity contribution in [3.05, 3.63) is 93.9 Å². The number of rotatable bonds is 16. The van der Waals surface area contributed by atoms with Crippen LogP contribution in [0.15, 0.2) is 93.9 Å². The van der Waals surface area contributed by atoms with Crippen molar-refractivity contribution < 1.29 is 58.6 Å². The summed E-state index contributed by atoms with van der Waals surface area (Å²) in [6.07, 6.45) is 15.2. The molecule has 0 aromatic carbocycles. The van der Waals surface area contributed by atoms with E-state index in [1.54, 1.807) is 76.3 Å². The second-order valence-electron chi connectivity index (χ2n) is 34.3. The Morgan fingerprint density at radius 2 is 0.459 bits per heavy atom. The van der Waals surface area contributed by atoms with Crippen molar-refractivity contribution in [2.45, 2.75) is 220 Å². The third kappa shape index (κ3) is 13.4. The maximum Gasteiger partial charge on any atom is 0.312 e. The first-order chi connectivity index (χ1) is 38.1. The minimum absolute atomic E-state index is 0.233. The molecule has 4 aliphatic rings. The van der Waals surface area contributed by atoms with Crippen molar-refractivity contribution in [1.29, 1.82) is 0 Å². The summed E-state index contributed by atoms with van der Waals surface area (Å²) in [7, 11) is 0. The number of ether oxygens (including phenoxy) is 4. The molecule has 12 nitrogen and oxygen atoms in total. The molecule has 85 heavy (non-hydrogen) atoms. The second kappa shape index (κ2) is 24.2. The standard InChI is InChI=1S/C73H116O12/c1-45(49-29-33-53(74)70(37-49,61(5,6)7)62(8,9)10)57(78)82-41-69(42-83-58(79)46(2)50-30-34-54(75)71(38-50,63(11,12)13)64(14,15)16,43-84-59(80)47(3)51-31-35-55(76)72(39-51,65(17,18)19)66(20,21)22)44-85-60(81)48(4)52-32-36-56(77)73(40-52,67(23,24)25)68(26,27)28/h29-36,45-48,74-77H,37-44H2,1-28H3. The zero-order valence-electron chi connectivity index (χ0n) is 58.1. The van der Waals surface area contributed by atoms with E-state index in [0.29, 0.717) is 25.7 Å². The topological polar surface area (TPSA) is 186 Å². The number of allylic oxidation sites excluding steroid dienone is 12. The van der Waals surface area contributed by atoms with E-state index >= 15 is 0 Å². The van der Waals surface area contributed by atoms with Crippen LogP contribution in [0.4, 0.5) is 0 Å². The molecule has 480 valence electrons. The van der Waals surface area contributed by atoms with E-state index in [1.165, 1.54) is 0 Å². The average molecular weight is 1190 g/mol. The summed E-state index contributed by atoms with van der Waals surface area (Å²) in [4.78, 5) is 59.3. The molecule has 4 atom stereocenters. The Kier molecular flexibility index (Phi) is 20.6. The van der Waals surface area contributed by atoms with Gasteiger partial charge in [0.1, 0.15) is 31.8 Å². The first-order valence-corrected chi connectivity index (χ1v) is 31.2. The highest BCUT2D eigenvalue weighted by atomic mass is 16.6. The molecular formula is C73H116O12. The Morgan fingerprint density at radius 1 is 0.318 bits per heavy atom. The molecule has 0 aromatic rings. The second-order valence-corrected chi connectivity index (χ2v) is 34.3. The van der Waals surface area contributed by atoms with E-state index in [1.807, 2.05) is 0 Å². The Bertz CT molecular complexity index is 2340. The van der Waals surface area contributed by atoms with E-state index < -0.39 is 144 Å². The fourth-order valence-corrected chi connectivity index (χ4v) is 16.3. The molecule has 0 spiro atoms. The lowest BCUT2D eigenvalue weighted by atomic mass is 9.49. The summed E-state index contributed by atoms with van der Waals surface area (Å²) in [6, 6.07) is 0. The maximum atomic E-state index is 14.8. The van der Waals surface area contributed by atoms with Gasteiger partial charge in [0.2, 0.25) is 0 Å². The lowest BCUT2D eigenvalue weighted by molar-refractivity contribution is -0.174. The molecule has 12 heteroatoms. The van der Waals surface area contributed by atoms with Gasteiger partial charge in [0.05, 0.1) is 46.7 Å². The van der Waals surface area contributed by atoms with Crippen LogP contribution in [0.5, 0.6) is 0 Å². The predicted molar refractivity (Wildman–Crippen MR) is 342 cm³/mol. The van der Waals surface area contributed by atoms with Gasteiger partial charge < -0.3 is 39.4 Å². The summed E-state index contributed by atoms with van der Waals surface area (Å²) >= 11 is 0. The molecule has 0 radical (unpaired) electrons. The minimum atomic E-state index is -1.69. The van der Waals surface area contributed by atoms with Crippen molar-refractivity contribution >= 4 is 23.9 Å². The highest BCUT2D eigenvalue weighted by Gasteiger charge is 2.59. The van der Waals surface area contributed by atoms with E-state index in [2.05, 4.69) is 166 Å². The van der Waals surface area contributed by atoms with Crippen molar-refractivity contribution in [3.63, 3.8) is 0 Å². The van der Waals surface area contributed by atoms with Crippen LogP contribution >= 0.6 is 0 Å². The highest BCUT2D eigenvalue weighted by molar-refractivity contribution is 5.78. The molecule has 4 N–H and O–H groups in total. The third-order valence-corrected chi connectivity index (χ3v) is 21.4. The molecule has 0 saturated carbocycles. The van der Waals surface area contributed by atoms with Crippen molar-refractivity contribution in [2.24, 2.45) is 94.1 Å². The quantitative estimate of drug-likeness (QED) is 0.0848. The summed E-state index contributed by atoms with van der Waals surface area (Å²) in [5, 5.41) is 46.7. The monoisotopic (exact) mass is 1180 g/mol. The lowest BCUT2D eigenvalue weighted by Crippen LogP contribution is -2.50. The Labute approximate surface area is 514 Å². The van der Waals surface area contributed by atoms with Crippen LogP contribution in [0.3, 0.4) is 0 Å². The minimum Gasteiger partial charge on any atom is -0.512 e. The normalized spacial score (nSPS) is 21.7. The molecule has 0 saturated heterocycles. The molecule has 4 unspecified atom stereocenters. The molecule has 0 amide bonds. The van der Waals surface area contributed by atoms with Gasteiger partial charge in [0.25, 0.3) is 0 Å². The summed E-state index contributed by atoms with van der Waals surface area (Å²) < 4.78 is 25.5. The molecular weight excluding hydrogens is 1070 g/mol. The average Bonchev–Trinajstić information content (AvgIpc) is 1.15. The van der Waals surface area contributed by atoms with Crippen LogP contribution in [0, 0.1) is 94.1 Å². The van der Waals surface area contributed by atoms with Gasteiger partial charge in [-0.05, 0) is 121 Å². The molecule has 0 aromatic heterocycles. The molecule has 0 bridgehead atoms. The zero-order chi connectivity index (χ0) is 65.9. The van der Waals surface area contributed by atoms with Gasteiger partial charge in [-0.1, -0.05) is 213 Å². The summed E-state index contributed by atoms with van der Waals surface area (Å²) in [5.41, 5.74) is -5.22. The molecule has 4 rings (SSSR count). The van der Waals surface area contributed by atoms with Crippen LogP contribution in [0.25, 0.3) is 0 Å². The van der Waals surface area contributed by atoms with Gasteiger partial charge in [-0.15, -0.1) is 0 Å². The first-order valence-electron chi connectivity index (χ1n) is 31.2. The van der Waals surface area contributed by atoms with Gasteiger partial charge in [0, 0.05) is 21.7 Å². The number of hydrogen-bond acceptors (Lipinski definition) is 12. The highest BCUT2D eigenvalue weighted by Crippen LogP contribution is 2.65. The molecule has 4 aliphatic carbocycles. The van der Waals surface area contributed by atoms with Crippen molar-refractivity contribution in [1.82, 2.24) is 0 Å². The van der Waals surface area contributed by atoms with Crippen LogP contribution in [0.1, 0.15) is 220 Å². The van der Waals surface area contributed by atoms with E-state index in [9.17, 15) is 39.6 Å². The van der Waals surface area contributed by atoms with Gasteiger partial charge in [-0.3, -0.25) is 19.2 Å². The number of esters is 4. The predicted octanol–water partition coefficient (Wildman–Crippen LogP) is 18.1. The van der Waals surface area contributed by atoms with Crippen molar-refractivity contribution in [3.8, 4) is 0 Å². The summed E-state index contributed by atoms with van der Waals surface area (Å²) in [5.74, 6) is -4.86. The van der Waals surface area contributed by atoms with Crippen LogP contribution in [0.2, 0.25) is 0 Å². The Balaban J connectivity index is 1.88. The Hall–Kier alpha value is -5.00. The van der Waals surface area contributed by atoms with E-state index in [4.69, 9.17) is 18.9 Å².